The van der Waals surface area contributed by atoms with Crippen molar-refractivity contribution in [3.8, 4) is 0 Å². The predicted molar refractivity (Wildman–Crippen MR) is 67.6 cm³/mol. The molecule has 1 aromatic carbocycles. The van der Waals surface area contributed by atoms with Crippen molar-refractivity contribution in [3.63, 3.8) is 0 Å². The third-order valence-electron chi connectivity index (χ3n) is 0.882. The molecule has 90 valence electrons. The highest BCUT2D eigenvalue weighted by Crippen LogP contribution is 2.15. The Morgan fingerprint density at radius 1 is 0.938 bits per heavy atom. The van der Waals surface area contributed by atoms with Crippen LogP contribution in [0.1, 0.15) is 13.8 Å². The molecule has 0 atom stereocenters. The number of hydrogen-bond donors (Lipinski definition) is 4. The Hall–Kier alpha value is -1.14. The lowest BCUT2D eigenvalue weighted by Crippen LogP contribution is -1.78. The molecular weight excluding hydrogens is 248 g/mol. The molecule has 0 aliphatic rings. The topological polar surface area (TPSA) is 74.6 Å². The van der Waals surface area contributed by atoms with Crippen LogP contribution in [0.15, 0.2) is 34.1 Å². The summed E-state index contributed by atoms with van der Waals surface area (Å²) in [4.78, 5) is 19.9. The van der Waals surface area contributed by atoms with Crippen molar-refractivity contribution in [2.24, 2.45) is 0 Å². The second kappa shape index (κ2) is 10.4. The van der Waals surface area contributed by atoms with Gasteiger partial charge in [0, 0.05) is 23.6 Å². The van der Waals surface area contributed by atoms with Crippen molar-refractivity contribution in [1.82, 2.24) is 0 Å². The van der Waals surface area contributed by atoms with Gasteiger partial charge in [0.25, 0.3) is 11.9 Å². The van der Waals surface area contributed by atoms with Crippen LogP contribution in [0.2, 0.25) is 0 Å². The number of carbonyl (C=O) groups is 2. The molecule has 0 aromatic heterocycles. The summed E-state index contributed by atoms with van der Waals surface area (Å²) in [5.74, 6) is -1.67. The summed E-state index contributed by atoms with van der Waals surface area (Å²) in [5, 5.41) is 14.8. The maximum Gasteiger partial charge on any atom is 0.300 e. The van der Waals surface area contributed by atoms with Crippen molar-refractivity contribution in [2.45, 2.75) is 23.6 Å². The number of thiol groups is 2. The zero-order chi connectivity index (χ0) is 13.1. The molecule has 0 bridgehead atoms. The first kappa shape index (κ1) is 17.3. The minimum atomic E-state index is -0.833. The van der Waals surface area contributed by atoms with Gasteiger partial charge in [0.2, 0.25) is 0 Å². The van der Waals surface area contributed by atoms with Gasteiger partial charge in [-0.25, -0.2) is 0 Å². The van der Waals surface area contributed by atoms with Gasteiger partial charge in [0.05, 0.1) is 0 Å². The van der Waals surface area contributed by atoms with Crippen LogP contribution in [-0.2, 0) is 9.59 Å². The van der Waals surface area contributed by atoms with Crippen LogP contribution in [0.3, 0.4) is 0 Å². The fraction of sp³-hybridized carbons (Fsp3) is 0.200. The van der Waals surface area contributed by atoms with E-state index in [0.29, 0.717) is 0 Å². The van der Waals surface area contributed by atoms with E-state index in [9.17, 15) is 0 Å². The molecule has 16 heavy (non-hydrogen) atoms. The first-order chi connectivity index (χ1) is 7.27. The highest BCUT2D eigenvalue weighted by molar-refractivity contribution is 7.83. The monoisotopic (exact) mass is 262 g/mol. The van der Waals surface area contributed by atoms with Crippen LogP contribution >= 0.6 is 25.3 Å². The standard InChI is InChI=1S/C6H6S2.2C2H4O2/c7-5-3-1-2-4-6(5)8;2*1-2(3)4/h1-4,7-8H;2*1H3,(H,3,4). The molecule has 0 fully saturated rings. The second-order valence-corrected chi connectivity index (χ2v) is 3.49. The van der Waals surface area contributed by atoms with E-state index in [4.69, 9.17) is 19.8 Å². The molecule has 0 unspecified atom stereocenters. The Bertz CT molecular complexity index is 298. The smallest absolute Gasteiger partial charge is 0.300 e. The molecule has 0 amide bonds. The van der Waals surface area contributed by atoms with Crippen molar-refractivity contribution in [3.05, 3.63) is 24.3 Å². The number of carboxylic acids is 2. The van der Waals surface area contributed by atoms with Crippen LogP contribution in [0.4, 0.5) is 0 Å². The van der Waals surface area contributed by atoms with E-state index >= 15 is 0 Å². The fourth-order valence-electron chi connectivity index (χ4n) is 0.464. The molecule has 0 radical (unpaired) electrons. The number of aliphatic carboxylic acids is 2. The minimum absolute atomic E-state index is 0.833. The average molecular weight is 262 g/mol. The summed E-state index contributed by atoms with van der Waals surface area (Å²) in [6.45, 7) is 2.17. The van der Waals surface area contributed by atoms with E-state index in [2.05, 4.69) is 25.3 Å². The minimum Gasteiger partial charge on any atom is -0.481 e. The highest BCUT2D eigenvalue weighted by Gasteiger charge is 1.86. The maximum atomic E-state index is 9.00. The lowest BCUT2D eigenvalue weighted by atomic mass is 10.4. The van der Waals surface area contributed by atoms with E-state index in [-0.39, 0.29) is 0 Å². The Kier molecular flexibility index (Phi) is 11.2. The number of benzene rings is 1. The van der Waals surface area contributed by atoms with Crippen LogP contribution in [-0.4, -0.2) is 22.2 Å². The maximum absolute atomic E-state index is 9.00. The number of carboxylic acid groups (broad SMARTS) is 2. The molecule has 4 nitrogen and oxygen atoms in total. The first-order valence-electron chi connectivity index (χ1n) is 4.13. The van der Waals surface area contributed by atoms with Crippen LogP contribution in [0.5, 0.6) is 0 Å². The molecule has 0 saturated carbocycles. The van der Waals surface area contributed by atoms with Crippen molar-refractivity contribution >= 4 is 37.2 Å². The summed E-state index contributed by atoms with van der Waals surface area (Å²) in [5.41, 5.74) is 0. The molecule has 2 N–H and O–H groups in total. The Balaban J connectivity index is 0. The van der Waals surface area contributed by atoms with Crippen molar-refractivity contribution < 1.29 is 19.8 Å². The predicted octanol–water partition coefficient (Wildman–Crippen LogP) is 2.45. The van der Waals surface area contributed by atoms with Gasteiger partial charge < -0.3 is 10.2 Å². The van der Waals surface area contributed by atoms with Gasteiger partial charge in [-0.2, -0.15) is 0 Å². The summed E-state index contributed by atoms with van der Waals surface area (Å²) < 4.78 is 0. The molecule has 0 aliphatic carbocycles. The van der Waals surface area contributed by atoms with Gasteiger partial charge in [0.15, 0.2) is 0 Å². The Morgan fingerprint density at radius 2 is 1.12 bits per heavy atom. The first-order valence-corrected chi connectivity index (χ1v) is 5.02. The highest BCUT2D eigenvalue weighted by atomic mass is 32.1. The van der Waals surface area contributed by atoms with Crippen molar-refractivity contribution in [2.75, 3.05) is 0 Å². The van der Waals surface area contributed by atoms with Gasteiger partial charge in [0.1, 0.15) is 0 Å². The number of hydrogen-bond acceptors (Lipinski definition) is 4. The third kappa shape index (κ3) is 18.6. The van der Waals surface area contributed by atoms with Gasteiger partial charge in [-0.05, 0) is 12.1 Å². The zero-order valence-electron chi connectivity index (χ0n) is 8.91. The van der Waals surface area contributed by atoms with E-state index in [1.54, 1.807) is 0 Å². The molecule has 0 spiro atoms. The van der Waals surface area contributed by atoms with E-state index in [0.717, 1.165) is 23.6 Å². The van der Waals surface area contributed by atoms with Gasteiger partial charge >= 0.3 is 0 Å². The van der Waals surface area contributed by atoms with E-state index < -0.39 is 11.9 Å². The van der Waals surface area contributed by atoms with Crippen LogP contribution < -0.4 is 0 Å². The van der Waals surface area contributed by atoms with Crippen molar-refractivity contribution in [1.29, 1.82) is 0 Å². The average Bonchev–Trinajstić information content (AvgIpc) is 2.08. The Labute approximate surface area is 105 Å². The van der Waals surface area contributed by atoms with E-state index in [1.165, 1.54) is 0 Å². The molecule has 6 heteroatoms. The largest absolute Gasteiger partial charge is 0.481 e. The lowest BCUT2D eigenvalue weighted by molar-refractivity contribution is -0.135. The Morgan fingerprint density at radius 3 is 1.25 bits per heavy atom. The van der Waals surface area contributed by atoms with Gasteiger partial charge in [-0.15, -0.1) is 25.3 Å². The zero-order valence-corrected chi connectivity index (χ0v) is 10.7. The second-order valence-electron chi connectivity index (χ2n) is 2.53. The molecular formula is C10H14O4S2. The van der Waals surface area contributed by atoms with Gasteiger partial charge in [-0.3, -0.25) is 9.59 Å². The number of rotatable bonds is 0. The van der Waals surface area contributed by atoms with Gasteiger partial charge in [-0.1, -0.05) is 12.1 Å². The summed E-state index contributed by atoms with van der Waals surface area (Å²) in [7, 11) is 0. The quantitative estimate of drug-likeness (QED) is 0.542. The van der Waals surface area contributed by atoms with E-state index in [1.807, 2.05) is 24.3 Å². The lowest BCUT2D eigenvalue weighted by Gasteiger charge is -1.91. The molecule has 0 saturated heterocycles. The summed E-state index contributed by atoms with van der Waals surface area (Å²) in [6.07, 6.45) is 0. The molecule has 1 rings (SSSR count). The fourth-order valence-corrected chi connectivity index (χ4v) is 0.785. The molecule has 0 aliphatic heterocycles. The summed E-state index contributed by atoms with van der Waals surface area (Å²) in [6, 6.07) is 7.68. The normalized spacial score (nSPS) is 7.75. The molecule has 1 aromatic rings. The third-order valence-corrected chi connectivity index (χ3v) is 1.84. The van der Waals surface area contributed by atoms with Crippen LogP contribution in [0, 0.1) is 0 Å². The van der Waals surface area contributed by atoms with Crippen LogP contribution in [0.25, 0.3) is 0 Å². The SMILES string of the molecule is CC(=O)O.CC(=O)O.Sc1ccccc1S. The molecule has 0 heterocycles. The summed E-state index contributed by atoms with van der Waals surface area (Å²) >= 11 is 8.24.